The van der Waals surface area contributed by atoms with Gasteiger partial charge in [0.1, 0.15) is 0 Å². The van der Waals surface area contributed by atoms with Crippen molar-refractivity contribution in [2.24, 2.45) is 11.8 Å². The number of carboxylic acids is 1. The number of carbonyl (C=O) groups excluding carboxylic acids is 1. The second kappa shape index (κ2) is 11.2. The van der Waals surface area contributed by atoms with Crippen LogP contribution in [0.25, 0.3) is 11.1 Å². The molecule has 3 rings (SSSR count). The Labute approximate surface area is 205 Å². The summed E-state index contributed by atoms with van der Waals surface area (Å²) in [7, 11) is 0. The molecule has 0 saturated heterocycles. The number of carbonyl (C=O) groups is 2. The van der Waals surface area contributed by atoms with Crippen molar-refractivity contribution >= 4 is 40.4 Å². The van der Waals surface area contributed by atoms with Gasteiger partial charge in [-0.3, -0.25) is 0 Å². The maximum absolute atomic E-state index is 12.9. The van der Waals surface area contributed by atoms with E-state index in [1.807, 2.05) is 54.8 Å². The van der Waals surface area contributed by atoms with Crippen LogP contribution < -0.4 is 15.5 Å². The first-order valence-electron chi connectivity index (χ1n) is 11.5. The van der Waals surface area contributed by atoms with Gasteiger partial charge in [0.2, 0.25) is 0 Å². The van der Waals surface area contributed by atoms with Crippen LogP contribution in [-0.4, -0.2) is 30.2 Å². The Balaban J connectivity index is 2.00. The Morgan fingerprint density at radius 3 is 2.18 bits per heavy atom. The zero-order chi connectivity index (χ0) is 24.8. The Bertz CT molecular complexity index is 1130. The van der Waals surface area contributed by atoms with Gasteiger partial charge >= 0.3 is 12.0 Å². The zero-order valence-corrected chi connectivity index (χ0v) is 21.2. The number of benzene rings is 2. The summed E-state index contributed by atoms with van der Waals surface area (Å²) < 4.78 is 0. The van der Waals surface area contributed by atoms with Crippen LogP contribution in [0.1, 0.15) is 43.6 Å². The molecule has 0 aliphatic carbocycles. The summed E-state index contributed by atoms with van der Waals surface area (Å²) in [4.78, 5) is 26.9. The number of thiophene rings is 1. The number of aromatic carboxylic acids is 1. The Hall–Kier alpha value is -3.32. The highest BCUT2D eigenvalue weighted by Crippen LogP contribution is 2.35. The molecule has 0 saturated carbocycles. The molecule has 0 fully saturated rings. The van der Waals surface area contributed by atoms with Gasteiger partial charge in [0.25, 0.3) is 0 Å². The van der Waals surface area contributed by atoms with Crippen molar-refractivity contribution in [1.29, 1.82) is 0 Å². The molecule has 0 spiro atoms. The molecule has 0 radical (unpaired) electrons. The van der Waals surface area contributed by atoms with Crippen LogP contribution in [0.3, 0.4) is 0 Å². The predicted molar refractivity (Wildman–Crippen MR) is 142 cm³/mol. The predicted octanol–water partition coefficient (Wildman–Crippen LogP) is 7.18. The largest absolute Gasteiger partial charge is 0.478 e. The maximum Gasteiger partial charge on any atom is 0.337 e. The molecule has 3 aromatic rings. The zero-order valence-electron chi connectivity index (χ0n) is 20.4. The van der Waals surface area contributed by atoms with Crippen LogP contribution >= 0.6 is 11.3 Å². The average molecular weight is 480 g/mol. The van der Waals surface area contributed by atoms with Crippen LogP contribution in [0, 0.1) is 18.8 Å². The van der Waals surface area contributed by atoms with Crippen molar-refractivity contribution in [3.63, 3.8) is 0 Å². The number of anilines is 3. The van der Waals surface area contributed by atoms with Crippen molar-refractivity contribution < 1.29 is 14.7 Å². The van der Waals surface area contributed by atoms with Gasteiger partial charge in [-0.1, -0.05) is 51.5 Å². The highest BCUT2D eigenvalue weighted by Gasteiger charge is 2.19. The maximum atomic E-state index is 12.9. The third kappa shape index (κ3) is 6.60. The minimum absolute atomic E-state index is 0.258. The van der Waals surface area contributed by atoms with E-state index in [1.54, 1.807) is 5.38 Å². The average Bonchev–Trinajstić information content (AvgIpc) is 3.24. The Morgan fingerprint density at radius 2 is 1.59 bits per heavy atom. The number of nitrogens with zero attached hydrogens (tertiary/aromatic N) is 1. The molecular formula is C27H33N3O3S. The SMILES string of the molecule is Cc1ccc(NC(=O)Nc2cc(-c3cscc3C(=O)O)ccc2N(CC(C)C)CC(C)C)cc1. The van der Waals surface area contributed by atoms with E-state index in [2.05, 4.69) is 43.2 Å². The lowest BCUT2D eigenvalue weighted by atomic mass is 10.0. The van der Waals surface area contributed by atoms with E-state index in [9.17, 15) is 14.7 Å². The number of aryl methyl sites for hydroxylation is 1. The smallest absolute Gasteiger partial charge is 0.337 e. The molecule has 1 heterocycles. The third-order valence-corrected chi connectivity index (χ3v) is 6.01. The number of amides is 2. The van der Waals surface area contributed by atoms with E-state index in [0.29, 0.717) is 28.8 Å². The molecule has 0 aliphatic heterocycles. The summed E-state index contributed by atoms with van der Waals surface area (Å²) in [6.07, 6.45) is 0. The Kier molecular flexibility index (Phi) is 8.34. The van der Waals surface area contributed by atoms with E-state index in [4.69, 9.17) is 0 Å². The van der Waals surface area contributed by atoms with Gasteiger partial charge in [-0.25, -0.2) is 9.59 Å². The summed E-state index contributed by atoms with van der Waals surface area (Å²) in [6.45, 7) is 12.4. The molecule has 2 amide bonds. The van der Waals surface area contributed by atoms with Crippen LogP contribution in [0.4, 0.5) is 21.9 Å². The summed E-state index contributed by atoms with van der Waals surface area (Å²) in [6, 6.07) is 13.0. The molecule has 7 heteroatoms. The summed E-state index contributed by atoms with van der Waals surface area (Å²) in [5, 5.41) is 18.9. The van der Waals surface area contributed by atoms with Crippen molar-refractivity contribution in [3.05, 3.63) is 64.4 Å². The summed E-state index contributed by atoms with van der Waals surface area (Å²) in [5.74, 6) is -0.0977. The standard InChI is InChI=1S/C27H33N3O3S/c1-17(2)13-30(14-18(3)4)25-11-8-20(22-15-34-16-23(22)26(31)32)12-24(25)29-27(33)28-21-9-6-19(5)7-10-21/h6-12,15-18H,13-14H2,1-5H3,(H,31,32)(H2,28,29,33). The molecule has 0 unspecified atom stereocenters. The van der Waals surface area contributed by atoms with Crippen molar-refractivity contribution in [3.8, 4) is 11.1 Å². The van der Waals surface area contributed by atoms with E-state index in [1.165, 1.54) is 11.3 Å². The molecule has 1 aromatic heterocycles. The molecule has 3 N–H and O–H groups in total. The van der Waals surface area contributed by atoms with Gasteiger partial charge in [0, 0.05) is 29.7 Å². The minimum atomic E-state index is -0.965. The Morgan fingerprint density at radius 1 is 0.941 bits per heavy atom. The van der Waals surface area contributed by atoms with E-state index in [0.717, 1.165) is 29.9 Å². The first-order valence-corrected chi connectivity index (χ1v) is 12.4. The lowest BCUT2D eigenvalue weighted by Crippen LogP contribution is -2.32. The van der Waals surface area contributed by atoms with Crippen LogP contribution in [-0.2, 0) is 0 Å². The van der Waals surface area contributed by atoms with E-state index >= 15 is 0 Å². The monoisotopic (exact) mass is 479 g/mol. The van der Waals surface area contributed by atoms with Crippen LogP contribution in [0.2, 0.25) is 0 Å². The normalized spacial score (nSPS) is 11.0. The van der Waals surface area contributed by atoms with Crippen molar-refractivity contribution in [1.82, 2.24) is 0 Å². The summed E-state index contributed by atoms with van der Waals surface area (Å²) >= 11 is 1.35. The van der Waals surface area contributed by atoms with E-state index < -0.39 is 5.97 Å². The number of urea groups is 1. The van der Waals surface area contributed by atoms with Gasteiger partial charge in [0.05, 0.1) is 16.9 Å². The lowest BCUT2D eigenvalue weighted by molar-refractivity contribution is 0.0698. The lowest BCUT2D eigenvalue weighted by Gasteiger charge is -2.30. The fourth-order valence-corrected chi connectivity index (χ4v) is 4.67. The summed E-state index contributed by atoms with van der Waals surface area (Å²) in [5.41, 5.74) is 5.03. The highest BCUT2D eigenvalue weighted by molar-refractivity contribution is 7.08. The molecule has 6 nitrogen and oxygen atoms in total. The fraction of sp³-hybridized carbons (Fsp3) is 0.333. The number of carboxylic acid groups (broad SMARTS) is 1. The molecule has 180 valence electrons. The topological polar surface area (TPSA) is 81.7 Å². The van der Waals surface area contributed by atoms with Crippen molar-refractivity contribution in [2.75, 3.05) is 28.6 Å². The number of hydrogen-bond acceptors (Lipinski definition) is 4. The first kappa shape index (κ1) is 25.3. The van der Waals surface area contributed by atoms with Gasteiger partial charge in [-0.2, -0.15) is 11.3 Å². The number of rotatable bonds is 9. The number of nitrogens with one attached hydrogen (secondary N) is 2. The van der Waals surface area contributed by atoms with Gasteiger partial charge < -0.3 is 20.6 Å². The minimum Gasteiger partial charge on any atom is -0.478 e. The van der Waals surface area contributed by atoms with Crippen molar-refractivity contribution in [2.45, 2.75) is 34.6 Å². The first-order chi connectivity index (χ1) is 16.1. The second-order valence-corrected chi connectivity index (χ2v) is 10.1. The molecule has 0 aliphatic rings. The van der Waals surface area contributed by atoms with Gasteiger partial charge in [-0.05, 0) is 54.0 Å². The second-order valence-electron chi connectivity index (χ2n) is 9.37. The van der Waals surface area contributed by atoms with Gasteiger partial charge in [0.15, 0.2) is 0 Å². The number of hydrogen-bond donors (Lipinski definition) is 3. The molecule has 2 aromatic carbocycles. The fourth-order valence-electron chi connectivity index (χ4n) is 3.84. The quantitative estimate of drug-likeness (QED) is 0.303. The van der Waals surface area contributed by atoms with Crippen LogP contribution in [0.15, 0.2) is 53.2 Å². The molecule has 34 heavy (non-hydrogen) atoms. The third-order valence-electron chi connectivity index (χ3n) is 5.27. The van der Waals surface area contributed by atoms with Crippen LogP contribution in [0.5, 0.6) is 0 Å². The molecular weight excluding hydrogens is 446 g/mol. The highest BCUT2D eigenvalue weighted by atomic mass is 32.1. The van der Waals surface area contributed by atoms with E-state index in [-0.39, 0.29) is 11.6 Å². The van der Waals surface area contributed by atoms with Gasteiger partial charge in [-0.15, -0.1) is 0 Å². The molecule has 0 bridgehead atoms. The molecule has 0 atom stereocenters.